The summed E-state index contributed by atoms with van der Waals surface area (Å²) in [5, 5.41) is 11.4. The Morgan fingerprint density at radius 1 is 1.00 bits per heavy atom. The first-order chi connectivity index (χ1) is 14.9. The highest BCUT2D eigenvalue weighted by molar-refractivity contribution is 6.51. The second kappa shape index (κ2) is 8.28. The van der Waals surface area contributed by atoms with Crippen LogP contribution in [-0.4, -0.2) is 23.9 Å². The van der Waals surface area contributed by atoms with Crippen molar-refractivity contribution < 1.29 is 19.4 Å². The van der Waals surface area contributed by atoms with E-state index in [2.05, 4.69) is 0 Å². The second-order valence-electron chi connectivity index (χ2n) is 7.21. The van der Waals surface area contributed by atoms with Gasteiger partial charge in [0, 0.05) is 11.3 Å². The summed E-state index contributed by atoms with van der Waals surface area (Å²) in [6.45, 7) is 1.90. The van der Waals surface area contributed by atoms with Crippen LogP contribution in [0, 0.1) is 6.92 Å². The number of hydrogen-bond acceptors (Lipinski definition) is 4. The molecule has 4 rings (SSSR count). The maximum Gasteiger partial charge on any atom is 0.300 e. The third kappa shape index (κ3) is 3.57. The van der Waals surface area contributed by atoms with Gasteiger partial charge in [0.05, 0.1) is 23.7 Å². The molecule has 1 atom stereocenters. The summed E-state index contributed by atoms with van der Waals surface area (Å²) < 4.78 is 5.21. The van der Waals surface area contributed by atoms with Crippen molar-refractivity contribution in [1.29, 1.82) is 0 Å². The number of carbonyl (C=O) groups excluding carboxylic acids is 2. The van der Waals surface area contributed by atoms with Crippen LogP contribution in [0.15, 0.2) is 78.4 Å². The predicted octanol–water partition coefficient (Wildman–Crippen LogP) is 5.28. The highest BCUT2D eigenvalue weighted by Gasteiger charge is 2.47. The van der Waals surface area contributed by atoms with Crippen molar-refractivity contribution in [3.8, 4) is 5.75 Å². The molecule has 1 N–H and O–H groups in total. The first-order valence-electron chi connectivity index (χ1n) is 9.69. The molecule has 1 saturated heterocycles. The van der Waals surface area contributed by atoms with E-state index in [9.17, 15) is 14.7 Å². The number of ether oxygens (including phenoxy) is 1. The first-order valence-corrected chi connectivity index (χ1v) is 10.1. The van der Waals surface area contributed by atoms with Crippen molar-refractivity contribution in [2.75, 3.05) is 12.0 Å². The summed E-state index contributed by atoms with van der Waals surface area (Å²) in [6.07, 6.45) is 0. The Bertz CT molecular complexity index is 1200. The molecule has 0 bridgehead atoms. The van der Waals surface area contributed by atoms with Crippen molar-refractivity contribution in [3.05, 3.63) is 100 Å². The van der Waals surface area contributed by atoms with E-state index in [0.29, 0.717) is 22.0 Å². The second-order valence-corrected chi connectivity index (χ2v) is 7.62. The molecular weight excluding hydrogens is 414 g/mol. The van der Waals surface area contributed by atoms with Crippen molar-refractivity contribution >= 4 is 34.7 Å². The van der Waals surface area contributed by atoms with E-state index < -0.39 is 17.7 Å². The van der Waals surface area contributed by atoms with Gasteiger partial charge in [0.2, 0.25) is 0 Å². The number of hydrogen-bond donors (Lipinski definition) is 1. The van der Waals surface area contributed by atoms with Crippen molar-refractivity contribution in [1.82, 2.24) is 0 Å². The van der Waals surface area contributed by atoms with Gasteiger partial charge in [-0.1, -0.05) is 66.2 Å². The molecule has 156 valence electrons. The fourth-order valence-electron chi connectivity index (χ4n) is 3.84. The Labute approximate surface area is 185 Å². The maximum absolute atomic E-state index is 13.2. The minimum absolute atomic E-state index is 0.0393. The van der Waals surface area contributed by atoms with Crippen molar-refractivity contribution in [2.45, 2.75) is 13.0 Å². The molecule has 1 aliphatic heterocycles. The average molecular weight is 434 g/mol. The number of carbonyl (C=O) groups is 2. The Balaban J connectivity index is 1.97. The van der Waals surface area contributed by atoms with Gasteiger partial charge in [-0.15, -0.1) is 0 Å². The van der Waals surface area contributed by atoms with E-state index in [1.165, 1.54) is 12.0 Å². The molecular formula is C25H20ClNO4. The van der Waals surface area contributed by atoms with Crippen LogP contribution >= 0.6 is 11.6 Å². The number of nitrogens with zero attached hydrogens (tertiary/aromatic N) is 1. The lowest BCUT2D eigenvalue weighted by Crippen LogP contribution is -2.29. The molecule has 5 nitrogen and oxygen atoms in total. The van der Waals surface area contributed by atoms with Gasteiger partial charge in [-0.25, -0.2) is 0 Å². The molecule has 0 saturated carbocycles. The Morgan fingerprint density at radius 2 is 1.68 bits per heavy atom. The van der Waals surface area contributed by atoms with Crippen molar-refractivity contribution in [2.24, 2.45) is 0 Å². The quantitative estimate of drug-likeness (QED) is 0.345. The zero-order valence-electron chi connectivity index (χ0n) is 17.0. The number of aryl methyl sites for hydroxylation is 1. The molecule has 0 aliphatic carbocycles. The Hall–Kier alpha value is -3.57. The minimum Gasteiger partial charge on any atom is -0.507 e. The van der Waals surface area contributed by atoms with Gasteiger partial charge in [0.1, 0.15) is 11.5 Å². The molecule has 1 aliphatic rings. The van der Waals surface area contributed by atoms with Crippen LogP contribution in [0.4, 0.5) is 5.69 Å². The number of Topliss-reactive ketones (excluding diaryl/α,β-unsaturated/α-hetero) is 1. The smallest absolute Gasteiger partial charge is 0.300 e. The van der Waals surface area contributed by atoms with Crippen LogP contribution in [0.2, 0.25) is 5.02 Å². The molecule has 0 aromatic heterocycles. The number of rotatable bonds is 4. The van der Waals surface area contributed by atoms with Crippen LogP contribution in [0.1, 0.15) is 22.7 Å². The average Bonchev–Trinajstić information content (AvgIpc) is 3.04. The predicted molar refractivity (Wildman–Crippen MR) is 120 cm³/mol. The summed E-state index contributed by atoms with van der Waals surface area (Å²) in [5.41, 5.74) is 2.57. The van der Waals surface area contributed by atoms with Crippen LogP contribution in [-0.2, 0) is 9.59 Å². The van der Waals surface area contributed by atoms with Gasteiger partial charge in [-0.3, -0.25) is 14.5 Å². The molecule has 3 aromatic rings. The number of ketones is 1. The number of aliphatic hydroxyl groups excluding tert-OH is 1. The topological polar surface area (TPSA) is 66.8 Å². The number of aliphatic hydroxyl groups is 1. The van der Waals surface area contributed by atoms with Gasteiger partial charge >= 0.3 is 0 Å². The maximum atomic E-state index is 13.2. The SMILES string of the molecule is COc1ccc(N2C(=O)C(=O)/C(=C(/O)c3ccccc3)C2c2ccccc2C)cc1Cl. The normalized spacial score (nSPS) is 17.8. The van der Waals surface area contributed by atoms with E-state index in [1.54, 1.807) is 42.5 Å². The molecule has 1 unspecified atom stereocenters. The van der Waals surface area contributed by atoms with Gasteiger partial charge < -0.3 is 9.84 Å². The van der Waals surface area contributed by atoms with Gasteiger partial charge in [0.15, 0.2) is 0 Å². The van der Waals surface area contributed by atoms with Gasteiger partial charge in [0.25, 0.3) is 11.7 Å². The number of methoxy groups -OCH3 is 1. The van der Waals surface area contributed by atoms with Gasteiger partial charge in [-0.2, -0.15) is 0 Å². The number of halogens is 1. The zero-order chi connectivity index (χ0) is 22.1. The summed E-state index contributed by atoms with van der Waals surface area (Å²) in [6, 6.07) is 20.3. The molecule has 31 heavy (non-hydrogen) atoms. The molecule has 3 aromatic carbocycles. The minimum atomic E-state index is -0.800. The standard InChI is InChI=1S/C25H20ClNO4/c1-15-8-6-7-11-18(15)22-21(23(28)16-9-4-3-5-10-16)24(29)25(30)27(22)17-12-13-20(31-2)19(26)14-17/h3-14,22,28H,1-2H3/b23-21+. The van der Waals surface area contributed by atoms with E-state index in [-0.39, 0.29) is 11.3 Å². The molecule has 0 spiro atoms. The Kier molecular flexibility index (Phi) is 5.53. The molecule has 1 fully saturated rings. The van der Waals surface area contributed by atoms with Crippen LogP contribution < -0.4 is 9.64 Å². The molecule has 6 heteroatoms. The summed E-state index contributed by atoms with van der Waals surface area (Å²) >= 11 is 6.30. The molecule has 1 heterocycles. The van der Waals surface area contributed by atoms with E-state index in [1.807, 2.05) is 37.3 Å². The lowest BCUT2D eigenvalue weighted by Gasteiger charge is -2.27. The van der Waals surface area contributed by atoms with Crippen LogP contribution in [0.3, 0.4) is 0 Å². The fraction of sp³-hybridized carbons (Fsp3) is 0.120. The summed E-state index contributed by atoms with van der Waals surface area (Å²) in [5.74, 6) is -1.23. The lowest BCUT2D eigenvalue weighted by atomic mass is 9.92. The van der Waals surface area contributed by atoms with E-state index in [0.717, 1.165) is 11.1 Å². The third-order valence-corrected chi connectivity index (χ3v) is 5.68. The van der Waals surface area contributed by atoms with E-state index in [4.69, 9.17) is 16.3 Å². The summed E-state index contributed by atoms with van der Waals surface area (Å²) in [7, 11) is 1.50. The monoisotopic (exact) mass is 433 g/mol. The highest BCUT2D eigenvalue weighted by atomic mass is 35.5. The third-order valence-electron chi connectivity index (χ3n) is 5.39. The van der Waals surface area contributed by atoms with Crippen molar-refractivity contribution in [3.63, 3.8) is 0 Å². The largest absolute Gasteiger partial charge is 0.507 e. The molecule has 1 amide bonds. The number of amides is 1. The fourth-order valence-corrected chi connectivity index (χ4v) is 4.10. The highest BCUT2D eigenvalue weighted by Crippen LogP contribution is 2.44. The van der Waals surface area contributed by atoms with Crippen LogP contribution in [0.25, 0.3) is 5.76 Å². The van der Waals surface area contributed by atoms with Crippen LogP contribution in [0.5, 0.6) is 5.75 Å². The lowest BCUT2D eigenvalue weighted by molar-refractivity contribution is -0.132. The van der Waals surface area contributed by atoms with Gasteiger partial charge in [-0.05, 0) is 36.2 Å². The summed E-state index contributed by atoms with van der Waals surface area (Å²) in [4.78, 5) is 27.7. The first kappa shape index (κ1) is 20.7. The number of anilines is 1. The zero-order valence-corrected chi connectivity index (χ0v) is 17.8. The van der Waals surface area contributed by atoms with E-state index >= 15 is 0 Å². The number of benzene rings is 3. The molecule has 0 radical (unpaired) electrons. The Morgan fingerprint density at radius 3 is 2.32 bits per heavy atom.